The third-order valence-corrected chi connectivity index (χ3v) is 9.97. The van der Waals surface area contributed by atoms with Crippen molar-refractivity contribution in [2.75, 3.05) is 24.5 Å². The molecule has 0 heterocycles. The quantitative estimate of drug-likeness (QED) is 0.134. The monoisotopic (exact) mass is 695 g/mol. The molecule has 0 bridgehead atoms. The van der Waals surface area contributed by atoms with Crippen LogP contribution in [0.1, 0.15) is 36.5 Å². The van der Waals surface area contributed by atoms with Gasteiger partial charge in [-0.1, -0.05) is 96.7 Å². The van der Waals surface area contributed by atoms with Crippen molar-refractivity contribution in [1.29, 1.82) is 0 Å². The van der Waals surface area contributed by atoms with Gasteiger partial charge < -0.3 is 15.0 Å². The normalized spacial score (nSPS) is 11.9. The number of anilines is 1. The van der Waals surface area contributed by atoms with E-state index in [0.717, 1.165) is 28.3 Å². The highest BCUT2D eigenvalue weighted by Gasteiger charge is 2.35. The van der Waals surface area contributed by atoms with Gasteiger partial charge in [-0.15, -0.1) is 0 Å². The number of ether oxygens (including phenoxy) is 1. The second-order valence-corrected chi connectivity index (χ2v) is 13.9. The van der Waals surface area contributed by atoms with Crippen molar-refractivity contribution in [3.63, 3.8) is 0 Å². The summed E-state index contributed by atoms with van der Waals surface area (Å²) in [6.45, 7) is 3.73. The molecule has 248 valence electrons. The maximum absolute atomic E-state index is 14.6. The van der Waals surface area contributed by atoms with Gasteiger partial charge in [0, 0.05) is 24.5 Å². The van der Waals surface area contributed by atoms with Crippen LogP contribution < -0.4 is 14.4 Å². The molecule has 0 aromatic heterocycles. The van der Waals surface area contributed by atoms with Crippen molar-refractivity contribution in [3.05, 3.63) is 124 Å². The molecule has 4 aromatic rings. The van der Waals surface area contributed by atoms with Crippen molar-refractivity contribution >= 4 is 50.7 Å². The van der Waals surface area contributed by atoms with Crippen molar-refractivity contribution in [3.8, 4) is 5.75 Å². The Bertz CT molecular complexity index is 1770. The SMILES string of the molecule is CCCCNC(=O)C(Cc1ccccc1)N(Cc1cccc(Cl)c1)C(=O)CN(c1ccc(OC)c(Cl)c1)S(=O)(=O)c1ccc(C)cc1. The maximum Gasteiger partial charge on any atom is 0.264 e. The molecule has 1 unspecified atom stereocenters. The molecular weight excluding hydrogens is 657 g/mol. The third-order valence-electron chi connectivity index (χ3n) is 7.65. The van der Waals surface area contributed by atoms with Crippen LogP contribution >= 0.6 is 23.2 Å². The highest BCUT2D eigenvalue weighted by Crippen LogP contribution is 2.32. The molecular formula is C36H39Cl2N3O5S. The van der Waals surface area contributed by atoms with Gasteiger partial charge in [-0.2, -0.15) is 0 Å². The predicted octanol–water partition coefficient (Wildman–Crippen LogP) is 7.06. The van der Waals surface area contributed by atoms with Crippen LogP contribution in [0.2, 0.25) is 10.0 Å². The molecule has 4 aromatic carbocycles. The van der Waals surface area contributed by atoms with Gasteiger partial charge in [-0.3, -0.25) is 13.9 Å². The second-order valence-electron chi connectivity index (χ2n) is 11.1. The number of halogens is 2. The van der Waals surface area contributed by atoms with Crippen LogP contribution in [0.3, 0.4) is 0 Å². The van der Waals surface area contributed by atoms with Gasteiger partial charge in [-0.05, 0) is 66.9 Å². The Morgan fingerprint density at radius 1 is 0.894 bits per heavy atom. The Morgan fingerprint density at radius 2 is 1.60 bits per heavy atom. The number of carbonyl (C=O) groups excluding carboxylic acids is 2. The lowest BCUT2D eigenvalue weighted by molar-refractivity contribution is -0.140. The van der Waals surface area contributed by atoms with Crippen molar-refractivity contribution in [1.82, 2.24) is 10.2 Å². The molecule has 0 aliphatic heterocycles. The predicted molar refractivity (Wildman–Crippen MR) is 188 cm³/mol. The summed E-state index contributed by atoms with van der Waals surface area (Å²) in [6, 6.07) is 26.4. The number of rotatable bonds is 15. The number of hydrogen-bond donors (Lipinski definition) is 1. The van der Waals surface area contributed by atoms with E-state index in [0.29, 0.717) is 22.9 Å². The molecule has 1 N–H and O–H groups in total. The Hall–Kier alpha value is -4.05. The van der Waals surface area contributed by atoms with E-state index in [-0.39, 0.29) is 34.5 Å². The van der Waals surface area contributed by atoms with Gasteiger partial charge in [0.05, 0.1) is 22.7 Å². The number of carbonyl (C=O) groups is 2. The zero-order valence-corrected chi connectivity index (χ0v) is 29.0. The Kier molecular flexibility index (Phi) is 12.7. The highest BCUT2D eigenvalue weighted by atomic mass is 35.5. The molecule has 11 heteroatoms. The number of benzene rings is 4. The molecule has 1 atom stereocenters. The number of methoxy groups -OCH3 is 1. The molecule has 2 amide bonds. The Balaban J connectivity index is 1.81. The zero-order chi connectivity index (χ0) is 34.0. The van der Waals surface area contributed by atoms with Crippen molar-refractivity contribution in [2.24, 2.45) is 0 Å². The number of hydrogen-bond acceptors (Lipinski definition) is 5. The molecule has 0 fully saturated rings. The van der Waals surface area contributed by atoms with E-state index in [1.807, 2.05) is 50.2 Å². The fraction of sp³-hybridized carbons (Fsp3) is 0.278. The van der Waals surface area contributed by atoms with E-state index in [1.165, 1.54) is 36.3 Å². The van der Waals surface area contributed by atoms with Gasteiger partial charge in [0.25, 0.3) is 10.0 Å². The van der Waals surface area contributed by atoms with Gasteiger partial charge >= 0.3 is 0 Å². The average molecular weight is 697 g/mol. The summed E-state index contributed by atoms with van der Waals surface area (Å²) in [4.78, 5) is 29.9. The van der Waals surface area contributed by atoms with Crippen LogP contribution in [-0.2, 0) is 32.6 Å². The smallest absolute Gasteiger partial charge is 0.264 e. The molecule has 0 radical (unpaired) electrons. The maximum atomic E-state index is 14.6. The summed E-state index contributed by atoms with van der Waals surface area (Å²) in [5.74, 6) is -0.569. The summed E-state index contributed by atoms with van der Waals surface area (Å²) in [6.07, 6.45) is 1.86. The van der Waals surface area contributed by atoms with E-state index in [9.17, 15) is 18.0 Å². The number of unbranched alkanes of at least 4 members (excludes halogenated alkanes) is 1. The van der Waals surface area contributed by atoms with Gasteiger partial charge in [0.2, 0.25) is 11.8 Å². The lowest BCUT2D eigenvalue weighted by atomic mass is 10.0. The first-order valence-electron chi connectivity index (χ1n) is 15.3. The van der Waals surface area contributed by atoms with Crippen LogP contribution in [0.5, 0.6) is 5.75 Å². The van der Waals surface area contributed by atoms with E-state index >= 15 is 0 Å². The van der Waals surface area contributed by atoms with E-state index < -0.39 is 28.5 Å². The topological polar surface area (TPSA) is 96.0 Å². The molecule has 4 rings (SSSR count). The van der Waals surface area contributed by atoms with Gasteiger partial charge in [-0.25, -0.2) is 8.42 Å². The van der Waals surface area contributed by atoms with Crippen LogP contribution in [0.4, 0.5) is 5.69 Å². The first kappa shape index (κ1) is 35.8. The van der Waals surface area contributed by atoms with E-state index in [2.05, 4.69) is 5.32 Å². The lowest BCUT2D eigenvalue weighted by Crippen LogP contribution is -2.53. The van der Waals surface area contributed by atoms with Gasteiger partial charge in [0.15, 0.2) is 0 Å². The van der Waals surface area contributed by atoms with E-state index in [1.54, 1.807) is 36.4 Å². The Labute approximate surface area is 287 Å². The van der Waals surface area contributed by atoms with Crippen LogP contribution in [0.25, 0.3) is 0 Å². The summed E-state index contributed by atoms with van der Waals surface area (Å²) < 4.78 is 34.7. The molecule has 0 spiro atoms. The van der Waals surface area contributed by atoms with Gasteiger partial charge in [0.1, 0.15) is 18.3 Å². The number of amides is 2. The molecule has 8 nitrogen and oxygen atoms in total. The summed E-state index contributed by atoms with van der Waals surface area (Å²) in [5.41, 5.74) is 2.58. The van der Waals surface area contributed by atoms with Crippen LogP contribution in [0.15, 0.2) is 102 Å². The highest BCUT2D eigenvalue weighted by molar-refractivity contribution is 7.92. The van der Waals surface area contributed by atoms with Crippen LogP contribution in [0, 0.1) is 6.92 Å². The number of nitrogens with one attached hydrogen (secondary N) is 1. The van der Waals surface area contributed by atoms with E-state index in [4.69, 9.17) is 27.9 Å². The van der Waals surface area contributed by atoms with Crippen molar-refractivity contribution in [2.45, 2.75) is 50.6 Å². The molecule has 0 saturated carbocycles. The zero-order valence-electron chi connectivity index (χ0n) is 26.7. The number of aryl methyl sites for hydroxylation is 1. The standard InChI is InChI=1S/C36H39Cl2N3O5S/c1-4-5-20-39-36(43)33(22-27-10-7-6-8-11-27)40(24-28-12-9-13-29(37)21-28)35(42)25-41(30-16-19-34(46-3)32(38)23-30)47(44,45)31-17-14-26(2)15-18-31/h6-19,21,23,33H,4-5,20,22,24-25H2,1-3H3,(H,39,43). The largest absolute Gasteiger partial charge is 0.495 e. The fourth-order valence-electron chi connectivity index (χ4n) is 5.07. The lowest BCUT2D eigenvalue weighted by Gasteiger charge is -2.34. The fourth-order valence-corrected chi connectivity index (χ4v) is 6.94. The molecule has 0 aliphatic carbocycles. The molecule has 0 aliphatic rings. The first-order valence-corrected chi connectivity index (χ1v) is 17.5. The van der Waals surface area contributed by atoms with Crippen LogP contribution in [-0.4, -0.2) is 51.4 Å². The number of nitrogens with zero attached hydrogens (tertiary/aromatic N) is 2. The number of sulfonamides is 1. The Morgan fingerprint density at radius 3 is 2.23 bits per heavy atom. The minimum absolute atomic E-state index is 0.00220. The summed E-state index contributed by atoms with van der Waals surface area (Å²) >= 11 is 12.8. The summed E-state index contributed by atoms with van der Waals surface area (Å²) in [5, 5.41) is 3.63. The average Bonchev–Trinajstić information content (AvgIpc) is 3.05. The minimum Gasteiger partial charge on any atom is -0.495 e. The third kappa shape index (κ3) is 9.50. The second kappa shape index (κ2) is 16.7. The van der Waals surface area contributed by atoms with Crippen molar-refractivity contribution < 1.29 is 22.7 Å². The minimum atomic E-state index is -4.27. The first-order chi connectivity index (χ1) is 22.5. The summed E-state index contributed by atoms with van der Waals surface area (Å²) in [7, 11) is -2.82. The molecule has 47 heavy (non-hydrogen) atoms. The molecule has 0 saturated heterocycles.